The summed E-state index contributed by atoms with van der Waals surface area (Å²) in [5.41, 5.74) is 3.86. The van der Waals surface area contributed by atoms with Gasteiger partial charge < -0.3 is 0 Å². The van der Waals surface area contributed by atoms with Crippen LogP contribution in [0.4, 0.5) is 11.4 Å². The zero-order chi connectivity index (χ0) is 18.5. The highest BCUT2D eigenvalue weighted by Crippen LogP contribution is 2.28. The molecule has 0 unspecified atom stereocenters. The van der Waals surface area contributed by atoms with Crippen molar-refractivity contribution in [2.45, 2.75) is 11.8 Å². The maximum Gasteiger partial charge on any atom is 0.271 e. The molecule has 0 aliphatic rings. The Bertz CT molecular complexity index is 1010. The van der Waals surface area contributed by atoms with Crippen molar-refractivity contribution in [3.05, 3.63) is 70.9 Å². The molecule has 0 radical (unpaired) electrons. The lowest BCUT2D eigenvalue weighted by Gasteiger charge is -2.07. The number of nitro benzene ring substituents is 1. The summed E-state index contributed by atoms with van der Waals surface area (Å²) in [6.45, 7) is 1.42. The number of nitrogens with one attached hydrogen (secondary N) is 1. The van der Waals surface area contributed by atoms with Crippen molar-refractivity contribution in [2.24, 2.45) is 5.10 Å². The van der Waals surface area contributed by atoms with E-state index in [1.54, 1.807) is 18.3 Å². The monoisotopic (exact) mass is 366 g/mol. The quantitative estimate of drug-likeness (QED) is 0.238. The molecule has 0 aliphatic carbocycles. The Balaban J connectivity index is 1.87. The number of carbonyl (C=O) groups excluding carboxylic acids is 1. The molecule has 0 fully saturated rings. The molecular weight excluding hydrogens is 352 g/mol. The third kappa shape index (κ3) is 4.04. The lowest BCUT2D eigenvalue weighted by Crippen LogP contribution is -2.08. The van der Waals surface area contributed by atoms with Gasteiger partial charge in [0.2, 0.25) is 0 Å². The van der Waals surface area contributed by atoms with Crippen LogP contribution in [0.1, 0.15) is 6.92 Å². The van der Waals surface area contributed by atoms with Gasteiger partial charge in [-0.25, -0.2) is 0 Å². The Morgan fingerprint density at radius 3 is 2.73 bits per heavy atom. The van der Waals surface area contributed by atoms with Crippen molar-refractivity contribution < 1.29 is 9.72 Å². The van der Waals surface area contributed by atoms with E-state index in [1.165, 1.54) is 30.8 Å². The summed E-state index contributed by atoms with van der Waals surface area (Å²) in [4.78, 5) is 27.5. The second-order valence-electron chi connectivity index (χ2n) is 5.33. The Morgan fingerprint density at radius 1 is 1.19 bits per heavy atom. The number of nitro groups is 1. The molecular formula is C18H14N4O3S. The Morgan fingerprint density at radius 2 is 1.96 bits per heavy atom. The first-order valence-electron chi connectivity index (χ1n) is 7.65. The number of thioether (sulfide) groups is 1. The molecule has 2 aromatic carbocycles. The molecule has 3 aromatic rings. The summed E-state index contributed by atoms with van der Waals surface area (Å²) in [5.74, 6) is -0.221. The molecule has 0 saturated carbocycles. The lowest BCUT2D eigenvalue weighted by atomic mass is 10.2. The van der Waals surface area contributed by atoms with E-state index >= 15 is 0 Å². The van der Waals surface area contributed by atoms with Crippen LogP contribution in [0, 0.1) is 10.1 Å². The molecule has 1 heterocycles. The minimum Gasteiger partial charge on any atom is -0.292 e. The molecule has 0 bridgehead atoms. The number of anilines is 1. The van der Waals surface area contributed by atoms with Gasteiger partial charge in [0.05, 0.1) is 16.1 Å². The molecule has 8 heteroatoms. The SMILES string of the molecule is CC(=O)/C(=N/Nc1cccc([N+](=O)[O-])c1)Sc1cccc2cccnc12. The van der Waals surface area contributed by atoms with E-state index in [9.17, 15) is 14.9 Å². The van der Waals surface area contributed by atoms with Gasteiger partial charge in [0.25, 0.3) is 5.69 Å². The normalized spacial score (nSPS) is 11.3. The number of nitrogens with zero attached hydrogens (tertiary/aromatic N) is 3. The number of benzene rings is 2. The van der Waals surface area contributed by atoms with Crippen molar-refractivity contribution in [3.8, 4) is 0 Å². The summed E-state index contributed by atoms with van der Waals surface area (Å²) in [6.07, 6.45) is 1.69. The molecule has 1 aromatic heterocycles. The van der Waals surface area contributed by atoms with Crippen molar-refractivity contribution in [1.82, 2.24) is 4.98 Å². The van der Waals surface area contributed by atoms with Crippen LogP contribution in [-0.2, 0) is 4.79 Å². The van der Waals surface area contributed by atoms with Gasteiger partial charge in [0.1, 0.15) is 0 Å². The molecule has 1 N–H and O–H groups in total. The third-order valence-corrected chi connectivity index (χ3v) is 4.57. The second kappa shape index (κ2) is 7.75. The fraction of sp³-hybridized carbons (Fsp3) is 0.0556. The predicted molar refractivity (Wildman–Crippen MR) is 102 cm³/mol. The van der Waals surface area contributed by atoms with Crippen LogP contribution in [0.15, 0.2) is 70.8 Å². The molecule has 0 amide bonds. The number of carbonyl (C=O) groups is 1. The van der Waals surface area contributed by atoms with E-state index in [2.05, 4.69) is 15.5 Å². The van der Waals surface area contributed by atoms with Gasteiger partial charge in [-0.3, -0.25) is 25.3 Å². The van der Waals surface area contributed by atoms with Gasteiger partial charge in [-0.05, 0) is 18.2 Å². The Labute approximate surface area is 153 Å². The van der Waals surface area contributed by atoms with Crippen molar-refractivity contribution in [3.63, 3.8) is 0 Å². The lowest BCUT2D eigenvalue weighted by molar-refractivity contribution is -0.384. The second-order valence-corrected chi connectivity index (χ2v) is 6.36. The average molecular weight is 366 g/mol. The summed E-state index contributed by atoms with van der Waals surface area (Å²) in [6, 6.07) is 15.4. The van der Waals surface area contributed by atoms with Gasteiger partial charge >= 0.3 is 0 Å². The summed E-state index contributed by atoms with van der Waals surface area (Å²) in [5, 5.41) is 16.2. The molecule has 7 nitrogen and oxygen atoms in total. The molecule has 0 aliphatic heterocycles. The number of para-hydroxylation sites is 1. The van der Waals surface area contributed by atoms with Gasteiger partial charge in [0, 0.05) is 35.5 Å². The topological polar surface area (TPSA) is 97.5 Å². The molecule has 0 saturated heterocycles. The number of aromatic nitrogens is 1. The molecule has 26 heavy (non-hydrogen) atoms. The Kier molecular flexibility index (Phi) is 5.23. The molecule has 0 spiro atoms. The van der Waals surface area contributed by atoms with Crippen LogP contribution in [0.5, 0.6) is 0 Å². The smallest absolute Gasteiger partial charge is 0.271 e. The number of pyridine rings is 1. The maximum atomic E-state index is 12.0. The number of fused-ring (bicyclic) bond motifs is 1. The van der Waals surface area contributed by atoms with E-state index in [-0.39, 0.29) is 16.5 Å². The van der Waals surface area contributed by atoms with E-state index in [1.807, 2.05) is 30.3 Å². The van der Waals surface area contributed by atoms with Crippen LogP contribution in [0.25, 0.3) is 10.9 Å². The highest BCUT2D eigenvalue weighted by Gasteiger charge is 2.12. The highest BCUT2D eigenvalue weighted by molar-refractivity contribution is 8.15. The average Bonchev–Trinajstić information content (AvgIpc) is 2.65. The first-order valence-corrected chi connectivity index (χ1v) is 8.47. The van der Waals surface area contributed by atoms with Crippen LogP contribution in [0.2, 0.25) is 0 Å². The summed E-state index contributed by atoms with van der Waals surface area (Å²) < 4.78 is 0. The number of non-ortho nitro benzene ring substituents is 1. The number of hydrazone groups is 1. The standard InChI is InChI=1S/C18H14N4O3S/c1-12(23)18(21-20-14-7-3-8-15(11-14)22(24)25)26-16-9-2-5-13-6-4-10-19-17(13)16/h2-11,20H,1H3/b21-18-. The van der Waals surface area contributed by atoms with Crippen LogP contribution < -0.4 is 5.43 Å². The van der Waals surface area contributed by atoms with Gasteiger partial charge in [0.15, 0.2) is 10.8 Å². The third-order valence-electron chi connectivity index (χ3n) is 3.45. The van der Waals surface area contributed by atoms with Crippen LogP contribution in [-0.4, -0.2) is 20.7 Å². The van der Waals surface area contributed by atoms with Gasteiger partial charge in [-0.15, -0.1) is 0 Å². The zero-order valence-electron chi connectivity index (χ0n) is 13.7. The first kappa shape index (κ1) is 17.6. The highest BCUT2D eigenvalue weighted by atomic mass is 32.2. The van der Waals surface area contributed by atoms with Gasteiger partial charge in [-0.1, -0.05) is 36.0 Å². The van der Waals surface area contributed by atoms with E-state index < -0.39 is 4.92 Å². The van der Waals surface area contributed by atoms with Crippen molar-refractivity contribution in [2.75, 3.05) is 5.43 Å². The minimum absolute atomic E-state index is 0.0551. The maximum absolute atomic E-state index is 12.0. The first-order chi connectivity index (χ1) is 12.5. The minimum atomic E-state index is -0.489. The number of ketones is 1. The number of Topliss-reactive ketones (excluding diaryl/α,β-unsaturated/α-hetero) is 1. The molecule has 0 atom stereocenters. The zero-order valence-corrected chi connectivity index (χ0v) is 14.6. The molecule has 130 valence electrons. The number of hydrogen-bond donors (Lipinski definition) is 1. The fourth-order valence-electron chi connectivity index (χ4n) is 2.24. The van der Waals surface area contributed by atoms with E-state index in [4.69, 9.17) is 0 Å². The van der Waals surface area contributed by atoms with Crippen LogP contribution in [0.3, 0.4) is 0 Å². The fourth-order valence-corrected chi connectivity index (χ4v) is 3.10. The largest absolute Gasteiger partial charge is 0.292 e. The number of hydrogen-bond acceptors (Lipinski definition) is 7. The summed E-state index contributed by atoms with van der Waals surface area (Å²) in [7, 11) is 0. The molecule has 3 rings (SSSR count). The number of rotatable bonds is 5. The summed E-state index contributed by atoms with van der Waals surface area (Å²) >= 11 is 1.20. The van der Waals surface area contributed by atoms with E-state index in [0.717, 1.165) is 15.8 Å². The van der Waals surface area contributed by atoms with Crippen molar-refractivity contribution in [1.29, 1.82) is 0 Å². The van der Waals surface area contributed by atoms with E-state index in [0.29, 0.717) is 5.69 Å². The van der Waals surface area contributed by atoms with Crippen LogP contribution >= 0.6 is 11.8 Å². The van der Waals surface area contributed by atoms with Gasteiger partial charge in [-0.2, -0.15) is 5.10 Å². The van der Waals surface area contributed by atoms with Crippen molar-refractivity contribution >= 4 is 44.9 Å². The Hall–Kier alpha value is -3.26. The predicted octanol–water partition coefficient (Wildman–Crippen LogP) is 4.25.